The Morgan fingerprint density at radius 1 is 1.30 bits per heavy atom. The fraction of sp³-hybridized carbons (Fsp3) is 0.200. The van der Waals surface area contributed by atoms with Gasteiger partial charge >= 0.3 is 0 Å². The zero-order valence-corrected chi connectivity index (χ0v) is 12.3. The van der Waals surface area contributed by atoms with Gasteiger partial charge in [0, 0.05) is 16.0 Å². The molecule has 2 heterocycles. The van der Waals surface area contributed by atoms with Crippen molar-refractivity contribution in [3.05, 3.63) is 45.3 Å². The molecule has 0 fully saturated rings. The number of rotatable bonds is 2. The van der Waals surface area contributed by atoms with Crippen LogP contribution in [0.3, 0.4) is 0 Å². The molecule has 0 atom stereocenters. The molecule has 0 amide bonds. The quantitative estimate of drug-likeness (QED) is 0.786. The number of aromatic amines is 1. The van der Waals surface area contributed by atoms with Crippen molar-refractivity contribution >= 4 is 21.6 Å². The number of hydrogen-bond acceptors (Lipinski definition) is 4. The highest BCUT2D eigenvalue weighted by Gasteiger charge is 2.18. The highest BCUT2D eigenvalue weighted by atomic mass is 32.1. The number of fused-ring (bicyclic) bond motifs is 1. The summed E-state index contributed by atoms with van der Waals surface area (Å²) in [4.78, 5) is 20.9. The van der Waals surface area contributed by atoms with E-state index >= 15 is 0 Å². The van der Waals surface area contributed by atoms with Gasteiger partial charge in [0.15, 0.2) is 0 Å². The summed E-state index contributed by atoms with van der Waals surface area (Å²) in [7, 11) is 1.64. The van der Waals surface area contributed by atoms with Gasteiger partial charge in [0.25, 0.3) is 5.56 Å². The number of hydrogen-bond donors (Lipinski definition) is 1. The van der Waals surface area contributed by atoms with Crippen LogP contribution < -0.4 is 10.3 Å². The van der Waals surface area contributed by atoms with Gasteiger partial charge in [0.2, 0.25) is 0 Å². The van der Waals surface area contributed by atoms with Gasteiger partial charge in [-0.1, -0.05) is 11.6 Å². The molecular formula is C15H14N2O2S. The third-order valence-electron chi connectivity index (χ3n) is 3.29. The van der Waals surface area contributed by atoms with E-state index < -0.39 is 0 Å². The van der Waals surface area contributed by atoms with E-state index in [-0.39, 0.29) is 5.56 Å². The molecule has 0 saturated carbocycles. The number of methoxy groups -OCH3 is 1. The molecule has 4 nitrogen and oxygen atoms in total. The van der Waals surface area contributed by atoms with Crippen molar-refractivity contribution < 1.29 is 4.74 Å². The molecule has 102 valence electrons. The van der Waals surface area contributed by atoms with Gasteiger partial charge in [-0.2, -0.15) is 0 Å². The first-order valence-electron chi connectivity index (χ1n) is 6.23. The second kappa shape index (κ2) is 4.76. The first-order valence-corrected chi connectivity index (χ1v) is 7.05. The number of aryl methyl sites for hydroxylation is 2. The third kappa shape index (κ3) is 1.91. The van der Waals surface area contributed by atoms with Crippen LogP contribution in [0.15, 0.2) is 29.3 Å². The number of nitrogens with zero attached hydrogens (tertiary/aromatic N) is 1. The lowest BCUT2D eigenvalue weighted by atomic mass is 10.0. The fourth-order valence-corrected chi connectivity index (χ4v) is 3.40. The molecule has 0 aliphatic heterocycles. The van der Waals surface area contributed by atoms with Crippen molar-refractivity contribution in [3.63, 3.8) is 0 Å². The molecule has 0 aliphatic carbocycles. The van der Waals surface area contributed by atoms with Crippen LogP contribution in [0.1, 0.15) is 10.4 Å². The average Bonchev–Trinajstić information content (AvgIpc) is 2.76. The van der Waals surface area contributed by atoms with Crippen LogP contribution in [0.4, 0.5) is 0 Å². The lowest BCUT2D eigenvalue weighted by Gasteiger charge is -2.09. The van der Waals surface area contributed by atoms with Gasteiger partial charge in [-0.15, -0.1) is 11.3 Å². The van der Waals surface area contributed by atoms with E-state index in [0.717, 1.165) is 32.1 Å². The van der Waals surface area contributed by atoms with Gasteiger partial charge in [0.1, 0.15) is 10.6 Å². The molecule has 2 aromatic heterocycles. The van der Waals surface area contributed by atoms with Crippen molar-refractivity contribution in [2.24, 2.45) is 0 Å². The van der Waals surface area contributed by atoms with Crippen molar-refractivity contribution in [2.45, 2.75) is 13.8 Å². The number of H-pyrrole nitrogens is 1. The summed E-state index contributed by atoms with van der Waals surface area (Å²) in [6.07, 6.45) is 1.44. The minimum absolute atomic E-state index is 0.113. The Kier molecular flexibility index (Phi) is 3.06. The summed E-state index contributed by atoms with van der Waals surface area (Å²) in [5.41, 5.74) is 2.87. The van der Waals surface area contributed by atoms with E-state index in [2.05, 4.69) is 9.97 Å². The second-order valence-corrected chi connectivity index (χ2v) is 5.85. The minimum Gasteiger partial charge on any atom is -0.496 e. The largest absolute Gasteiger partial charge is 0.496 e. The maximum Gasteiger partial charge on any atom is 0.260 e. The monoisotopic (exact) mass is 286 g/mol. The van der Waals surface area contributed by atoms with Crippen molar-refractivity contribution in [3.8, 4) is 16.9 Å². The Hall–Kier alpha value is -2.14. The van der Waals surface area contributed by atoms with E-state index in [0.29, 0.717) is 5.39 Å². The predicted octanol–water partition coefficient (Wildman–Crippen LogP) is 3.28. The maximum absolute atomic E-state index is 12.1. The first kappa shape index (κ1) is 12.9. The van der Waals surface area contributed by atoms with Crippen LogP contribution in [-0.4, -0.2) is 17.1 Å². The highest BCUT2D eigenvalue weighted by Crippen LogP contribution is 2.40. The Balaban J connectivity index is 2.44. The molecule has 0 spiro atoms. The number of ether oxygens (including phenoxy) is 1. The molecule has 0 aliphatic rings. The van der Waals surface area contributed by atoms with Gasteiger partial charge < -0.3 is 9.72 Å². The predicted molar refractivity (Wildman–Crippen MR) is 81.7 cm³/mol. The Morgan fingerprint density at radius 2 is 2.10 bits per heavy atom. The maximum atomic E-state index is 12.1. The molecule has 0 unspecified atom stereocenters. The molecule has 1 N–H and O–H groups in total. The summed E-state index contributed by atoms with van der Waals surface area (Å²) >= 11 is 1.53. The smallest absolute Gasteiger partial charge is 0.260 e. The van der Waals surface area contributed by atoms with Crippen molar-refractivity contribution in [2.75, 3.05) is 7.11 Å². The molecular weight excluding hydrogens is 272 g/mol. The molecule has 0 saturated heterocycles. The topological polar surface area (TPSA) is 55.0 Å². The zero-order chi connectivity index (χ0) is 14.3. The first-order chi connectivity index (χ1) is 9.61. The third-order valence-corrected chi connectivity index (χ3v) is 4.31. The van der Waals surface area contributed by atoms with Gasteiger partial charge in [-0.3, -0.25) is 4.79 Å². The number of thiophene rings is 1. The van der Waals surface area contributed by atoms with Crippen LogP contribution in [-0.2, 0) is 0 Å². The molecule has 5 heteroatoms. The summed E-state index contributed by atoms with van der Waals surface area (Å²) in [5.74, 6) is 0.765. The molecule has 1 aromatic carbocycles. The van der Waals surface area contributed by atoms with E-state index in [1.807, 2.05) is 32.0 Å². The summed E-state index contributed by atoms with van der Waals surface area (Å²) in [6, 6.07) is 5.96. The van der Waals surface area contributed by atoms with Crippen LogP contribution >= 0.6 is 11.3 Å². The van der Waals surface area contributed by atoms with Crippen LogP contribution in [0.2, 0.25) is 0 Å². The SMILES string of the molecule is COc1ccc(C)cc1-c1c(C)sc2nc[nH]c(=O)c12. The Bertz CT molecular complexity index is 849. The molecule has 0 radical (unpaired) electrons. The van der Waals surface area contributed by atoms with E-state index in [1.165, 1.54) is 17.7 Å². The van der Waals surface area contributed by atoms with E-state index in [1.54, 1.807) is 7.11 Å². The molecule has 20 heavy (non-hydrogen) atoms. The van der Waals surface area contributed by atoms with Crippen molar-refractivity contribution in [1.82, 2.24) is 9.97 Å². The minimum atomic E-state index is -0.113. The lowest BCUT2D eigenvalue weighted by Crippen LogP contribution is -2.05. The lowest BCUT2D eigenvalue weighted by molar-refractivity contribution is 0.416. The van der Waals surface area contributed by atoms with E-state index in [4.69, 9.17) is 4.74 Å². The summed E-state index contributed by atoms with van der Waals surface area (Å²) < 4.78 is 5.44. The number of nitrogens with one attached hydrogen (secondary N) is 1. The molecule has 0 bridgehead atoms. The Labute approximate surface area is 120 Å². The van der Waals surface area contributed by atoms with Crippen LogP contribution in [0.5, 0.6) is 5.75 Å². The normalized spacial score (nSPS) is 10.9. The zero-order valence-electron chi connectivity index (χ0n) is 11.5. The highest BCUT2D eigenvalue weighted by molar-refractivity contribution is 7.19. The number of aromatic nitrogens is 2. The van der Waals surface area contributed by atoms with Crippen LogP contribution in [0, 0.1) is 13.8 Å². The molecule has 3 aromatic rings. The van der Waals surface area contributed by atoms with Gasteiger partial charge in [-0.05, 0) is 26.0 Å². The van der Waals surface area contributed by atoms with Gasteiger partial charge in [0.05, 0.1) is 18.8 Å². The average molecular weight is 286 g/mol. The summed E-state index contributed by atoms with van der Waals surface area (Å²) in [6.45, 7) is 4.03. The number of benzene rings is 1. The second-order valence-electron chi connectivity index (χ2n) is 4.65. The van der Waals surface area contributed by atoms with Gasteiger partial charge in [-0.25, -0.2) is 4.98 Å². The molecule has 3 rings (SSSR count). The van der Waals surface area contributed by atoms with Crippen LogP contribution in [0.25, 0.3) is 21.3 Å². The fourth-order valence-electron chi connectivity index (χ4n) is 2.39. The summed E-state index contributed by atoms with van der Waals surface area (Å²) in [5, 5.41) is 0.638. The Morgan fingerprint density at radius 3 is 2.85 bits per heavy atom. The van der Waals surface area contributed by atoms with E-state index in [9.17, 15) is 4.79 Å². The standard InChI is InChI=1S/C15H14N2O2S/c1-8-4-5-11(19-3)10(6-8)12-9(2)20-15-13(12)14(18)16-7-17-15/h4-7H,1-3H3,(H,16,17,18). The van der Waals surface area contributed by atoms with Crippen molar-refractivity contribution in [1.29, 1.82) is 0 Å².